The summed E-state index contributed by atoms with van der Waals surface area (Å²) >= 11 is 0. The van der Waals surface area contributed by atoms with E-state index in [9.17, 15) is 18.0 Å². The summed E-state index contributed by atoms with van der Waals surface area (Å²) in [7, 11) is 0. The molecule has 1 saturated heterocycles. The van der Waals surface area contributed by atoms with Crippen molar-refractivity contribution in [3.8, 4) is 11.6 Å². The van der Waals surface area contributed by atoms with Crippen LogP contribution in [0.15, 0.2) is 48.7 Å². The molecule has 0 atom stereocenters. The zero-order valence-corrected chi connectivity index (χ0v) is 14.4. The number of fused-ring (bicyclic) bond motifs is 1. The van der Waals surface area contributed by atoms with Gasteiger partial charge in [-0.25, -0.2) is 9.97 Å². The van der Waals surface area contributed by atoms with E-state index in [2.05, 4.69) is 15.3 Å². The van der Waals surface area contributed by atoms with E-state index in [1.165, 1.54) is 0 Å². The predicted molar refractivity (Wildman–Crippen MR) is 93.1 cm³/mol. The average Bonchev–Trinajstić information content (AvgIpc) is 2.64. The Morgan fingerprint density at radius 2 is 1.96 bits per heavy atom. The number of hydrogen-bond donors (Lipinski definition) is 1. The number of halogens is 3. The van der Waals surface area contributed by atoms with Crippen molar-refractivity contribution < 1.29 is 27.4 Å². The smallest absolute Gasteiger partial charge is 0.417 e. The summed E-state index contributed by atoms with van der Waals surface area (Å²) in [5.41, 5.74) is 0.0320. The highest BCUT2D eigenvalue weighted by molar-refractivity contribution is 5.95. The standard InChI is InChI=1S/C19H14F3N3O3/c20-19(21,22)12-2-6-17(23-8-12)28-14-3-5-15-11(7-14)1-4-16(25-15)18(26)24-13-9-27-10-13/h1-8,13H,9-10H2,(H,24,26). The molecule has 28 heavy (non-hydrogen) atoms. The number of amides is 1. The molecule has 144 valence electrons. The minimum Gasteiger partial charge on any atom is -0.439 e. The van der Waals surface area contributed by atoms with E-state index >= 15 is 0 Å². The third-order valence-electron chi connectivity index (χ3n) is 4.15. The lowest BCUT2D eigenvalue weighted by Gasteiger charge is -2.26. The zero-order valence-electron chi connectivity index (χ0n) is 14.4. The minimum atomic E-state index is -4.45. The van der Waals surface area contributed by atoms with Crippen LogP contribution in [0.4, 0.5) is 13.2 Å². The third kappa shape index (κ3) is 3.89. The van der Waals surface area contributed by atoms with Crippen LogP contribution in [-0.2, 0) is 10.9 Å². The maximum absolute atomic E-state index is 12.6. The molecule has 9 heteroatoms. The molecule has 0 spiro atoms. The van der Waals surface area contributed by atoms with Crippen molar-refractivity contribution >= 4 is 16.8 Å². The van der Waals surface area contributed by atoms with Gasteiger partial charge in [0.15, 0.2) is 0 Å². The Balaban J connectivity index is 1.50. The van der Waals surface area contributed by atoms with Crippen molar-refractivity contribution in [1.82, 2.24) is 15.3 Å². The van der Waals surface area contributed by atoms with Crippen molar-refractivity contribution in [3.05, 3.63) is 59.9 Å². The lowest BCUT2D eigenvalue weighted by molar-refractivity contribution is -0.137. The van der Waals surface area contributed by atoms with Gasteiger partial charge in [0, 0.05) is 17.6 Å². The highest BCUT2D eigenvalue weighted by Gasteiger charge is 2.30. The molecule has 6 nitrogen and oxygen atoms in total. The first-order chi connectivity index (χ1) is 13.4. The van der Waals surface area contributed by atoms with Crippen LogP contribution in [0.25, 0.3) is 10.9 Å². The van der Waals surface area contributed by atoms with E-state index in [-0.39, 0.29) is 23.5 Å². The molecule has 0 saturated carbocycles. The fourth-order valence-corrected chi connectivity index (χ4v) is 2.60. The van der Waals surface area contributed by atoms with Crippen molar-refractivity contribution in [3.63, 3.8) is 0 Å². The lowest BCUT2D eigenvalue weighted by Crippen LogP contribution is -2.48. The molecule has 0 unspecified atom stereocenters. The second kappa shape index (κ2) is 7.08. The maximum Gasteiger partial charge on any atom is 0.417 e. The van der Waals surface area contributed by atoms with Gasteiger partial charge in [0.05, 0.1) is 30.3 Å². The number of pyridine rings is 2. The summed E-state index contributed by atoms with van der Waals surface area (Å²) in [6.07, 6.45) is -3.73. The molecule has 1 N–H and O–H groups in total. The van der Waals surface area contributed by atoms with Gasteiger partial charge in [-0.1, -0.05) is 6.07 Å². The number of hydrogen-bond acceptors (Lipinski definition) is 5. The minimum absolute atomic E-state index is 0.0111. The molecule has 0 bridgehead atoms. The van der Waals surface area contributed by atoms with Crippen LogP contribution < -0.4 is 10.1 Å². The van der Waals surface area contributed by atoms with Crippen LogP contribution in [0, 0.1) is 0 Å². The Kier molecular flexibility index (Phi) is 4.60. The Hall–Kier alpha value is -3.20. The number of aromatic nitrogens is 2. The number of carbonyl (C=O) groups excluding carboxylic acids is 1. The van der Waals surface area contributed by atoms with Gasteiger partial charge < -0.3 is 14.8 Å². The van der Waals surface area contributed by atoms with Gasteiger partial charge in [-0.15, -0.1) is 0 Å². The molecule has 1 aliphatic heterocycles. The molecular weight excluding hydrogens is 375 g/mol. The van der Waals surface area contributed by atoms with Crippen LogP contribution in [0.3, 0.4) is 0 Å². The van der Waals surface area contributed by atoms with E-state index in [0.29, 0.717) is 29.9 Å². The van der Waals surface area contributed by atoms with Gasteiger partial charge in [0.2, 0.25) is 5.88 Å². The average molecular weight is 389 g/mol. The predicted octanol–water partition coefficient (Wildman–Crippen LogP) is 3.57. The molecule has 4 rings (SSSR count). The van der Waals surface area contributed by atoms with E-state index in [4.69, 9.17) is 9.47 Å². The van der Waals surface area contributed by atoms with E-state index in [1.807, 2.05) is 0 Å². The Bertz CT molecular complexity index is 1020. The van der Waals surface area contributed by atoms with Crippen LogP contribution in [0.1, 0.15) is 16.1 Å². The molecule has 0 radical (unpaired) electrons. The number of carbonyl (C=O) groups is 1. The lowest BCUT2D eigenvalue weighted by atomic mass is 10.2. The Labute approximate surface area is 157 Å². The van der Waals surface area contributed by atoms with Gasteiger partial charge in [-0.2, -0.15) is 13.2 Å². The topological polar surface area (TPSA) is 73.3 Å². The molecule has 1 amide bonds. The van der Waals surface area contributed by atoms with Crippen molar-refractivity contribution in [2.75, 3.05) is 13.2 Å². The van der Waals surface area contributed by atoms with Crippen LogP contribution in [-0.4, -0.2) is 35.1 Å². The quantitative estimate of drug-likeness (QED) is 0.739. The van der Waals surface area contributed by atoms with E-state index < -0.39 is 11.7 Å². The monoisotopic (exact) mass is 389 g/mol. The van der Waals surface area contributed by atoms with Crippen molar-refractivity contribution in [1.29, 1.82) is 0 Å². The van der Waals surface area contributed by atoms with Crippen molar-refractivity contribution in [2.24, 2.45) is 0 Å². The number of benzene rings is 1. The first-order valence-electron chi connectivity index (χ1n) is 8.39. The molecular formula is C19H14F3N3O3. The molecule has 3 heterocycles. The molecule has 1 fully saturated rings. The summed E-state index contributed by atoms with van der Waals surface area (Å²) in [6, 6.07) is 10.3. The molecule has 2 aromatic heterocycles. The van der Waals surface area contributed by atoms with E-state index in [1.54, 1.807) is 30.3 Å². The number of rotatable bonds is 4. The third-order valence-corrected chi connectivity index (χ3v) is 4.15. The second-order valence-electron chi connectivity index (χ2n) is 6.24. The number of ether oxygens (including phenoxy) is 2. The summed E-state index contributed by atoms with van der Waals surface area (Å²) in [6.45, 7) is 0.996. The first-order valence-corrected chi connectivity index (χ1v) is 8.39. The first kappa shape index (κ1) is 18.2. The van der Waals surface area contributed by atoms with Crippen LogP contribution >= 0.6 is 0 Å². The highest BCUT2D eigenvalue weighted by atomic mass is 19.4. The summed E-state index contributed by atoms with van der Waals surface area (Å²) < 4.78 is 48.3. The van der Waals surface area contributed by atoms with Gasteiger partial charge in [0.25, 0.3) is 5.91 Å². The highest BCUT2D eigenvalue weighted by Crippen LogP contribution is 2.30. The number of alkyl halides is 3. The fraction of sp³-hybridized carbons (Fsp3) is 0.211. The van der Waals surface area contributed by atoms with E-state index in [0.717, 1.165) is 18.3 Å². The maximum atomic E-state index is 12.6. The van der Waals surface area contributed by atoms with Gasteiger partial charge >= 0.3 is 6.18 Å². The molecule has 1 aromatic carbocycles. The SMILES string of the molecule is O=C(NC1COC1)c1ccc2cc(Oc3ccc(C(F)(F)F)cn3)ccc2n1. The fourth-order valence-electron chi connectivity index (χ4n) is 2.60. The second-order valence-corrected chi connectivity index (χ2v) is 6.24. The Morgan fingerprint density at radius 3 is 2.61 bits per heavy atom. The molecule has 1 aliphatic rings. The van der Waals surface area contributed by atoms with Gasteiger partial charge in [0.1, 0.15) is 11.4 Å². The zero-order chi connectivity index (χ0) is 19.7. The normalized spacial score (nSPS) is 14.5. The molecule has 0 aliphatic carbocycles. The van der Waals surface area contributed by atoms with Crippen molar-refractivity contribution in [2.45, 2.75) is 12.2 Å². The van der Waals surface area contributed by atoms with Gasteiger partial charge in [-0.3, -0.25) is 4.79 Å². The summed E-state index contributed by atoms with van der Waals surface area (Å²) in [5.74, 6) is 0.161. The van der Waals surface area contributed by atoms with Gasteiger partial charge in [-0.05, 0) is 30.3 Å². The Morgan fingerprint density at radius 1 is 1.14 bits per heavy atom. The summed E-state index contributed by atoms with van der Waals surface area (Å²) in [4.78, 5) is 20.2. The van der Waals surface area contributed by atoms with Crippen LogP contribution in [0.2, 0.25) is 0 Å². The summed E-state index contributed by atoms with van der Waals surface area (Å²) in [5, 5.41) is 3.53. The number of nitrogens with zero attached hydrogens (tertiary/aromatic N) is 2. The largest absolute Gasteiger partial charge is 0.439 e. The molecule has 3 aromatic rings. The van der Waals surface area contributed by atoms with Crippen LogP contribution in [0.5, 0.6) is 11.6 Å². The number of nitrogens with one attached hydrogen (secondary N) is 1.